The summed E-state index contributed by atoms with van der Waals surface area (Å²) in [4.78, 5) is 4.10. The number of benzene rings is 1. The van der Waals surface area contributed by atoms with Crippen molar-refractivity contribution < 1.29 is 0 Å². The van der Waals surface area contributed by atoms with E-state index in [2.05, 4.69) is 44.7 Å². The van der Waals surface area contributed by atoms with Crippen LogP contribution in [0.2, 0.25) is 0 Å². The minimum atomic E-state index is 0.662. The maximum Gasteiger partial charge on any atom is 0.138 e. The van der Waals surface area contributed by atoms with E-state index in [4.69, 9.17) is 0 Å². The summed E-state index contributed by atoms with van der Waals surface area (Å²) in [7, 11) is 0. The van der Waals surface area contributed by atoms with Gasteiger partial charge in [0.25, 0.3) is 0 Å². The summed E-state index contributed by atoms with van der Waals surface area (Å²) in [6.45, 7) is 5.55. The number of aryl methyl sites for hydroxylation is 1. The number of hydrogen-bond donors (Lipinski definition) is 2. The highest BCUT2D eigenvalue weighted by molar-refractivity contribution is 5.36. The minimum absolute atomic E-state index is 0.662. The molecule has 0 bridgehead atoms. The second kappa shape index (κ2) is 5.88. The Bertz CT molecular complexity index is 699. The van der Waals surface area contributed by atoms with E-state index in [1.54, 1.807) is 0 Å². The fourth-order valence-electron chi connectivity index (χ4n) is 2.37. The molecular weight excluding hydrogens is 264 g/mol. The van der Waals surface area contributed by atoms with Crippen LogP contribution >= 0.6 is 0 Å². The van der Waals surface area contributed by atoms with Crippen LogP contribution in [0.5, 0.6) is 0 Å². The van der Waals surface area contributed by atoms with Gasteiger partial charge in [-0.2, -0.15) is 10.2 Å². The molecule has 0 fully saturated rings. The third-order valence-corrected chi connectivity index (χ3v) is 3.50. The van der Waals surface area contributed by atoms with E-state index in [1.807, 2.05) is 29.8 Å². The van der Waals surface area contributed by atoms with Crippen molar-refractivity contribution in [1.82, 2.24) is 30.3 Å². The third kappa shape index (κ3) is 2.85. The van der Waals surface area contributed by atoms with Crippen molar-refractivity contribution >= 4 is 0 Å². The topological polar surface area (TPSA) is 71.4 Å². The molecule has 0 aliphatic carbocycles. The number of hydrogen-bond acceptors (Lipinski definition) is 4. The molecule has 6 heteroatoms. The van der Waals surface area contributed by atoms with Crippen LogP contribution in [-0.4, -0.2) is 25.0 Å². The molecule has 0 atom stereocenters. The van der Waals surface area contributed by atoms with Gasteiger partial charge in [0, 0.05) is 17.8 Å². The highest BCUT2D eigenvalue weighted by Crippen LogP contribution is 2.17. The average molecular weight is 282 g/mol. The molecule has 0 saturated heterocycles. The Hall–Kier alpha value is -2.47. The lowest BCUT2D eigenvalue weighted by molar-refractivity contribution is 0.660. The lowest BCUT2D eigenvalue weighted by atomic mass is 10.2. The summed E-state index contributed by atoms with van der Waals surface area (Å²) in [5.41, 5.74) is 4.50. The third-order valence-electron chi connectivity index (χ3n) is 3.50. The van der Waals surface area contributed by atoms with E-state index in [0.29, 0.717) is 6.54 Å². The molecule has 108 valence electrons. The molecule has 2 N–H and O–H groups in total. The SMILES string of the molecule is Cc1nn(-c2ccccc2)c(C)c1CNCc1ncn[nH]1. The second-order valence-corrected chi connectivity index (χ2v) is 4.93. The zero-order valence-corrected chi connectivity index (χ0v) is 12.2. The number of rotatable bonds is 5. The largest absolute Gasteiger partial charge is 0.306 e. The lowest BCUT2D eigenvalue weighted by Crippen LogP contribution is -2.15. The summed E-state index contributed by atoms with van der Waals surface area (Å²) in [5, 5.41) is 14.7. The Balaban J connectivity index is 1.75. The van der Waals surface area contributed by atoms with Crippen molar-refractivity contribution in [3.8, 4) is 5.69 Å². The van der Waals surface area contributed by atoms with Gasteiger partial charge in [-0.1, -0.05) is 18.2 Å². The summed E-state index contributed by atoms with van der Waals surface area (Å²) in [5.74, 6) is 0.834. The molecule has 0 unspecified atom stereocenters. The molecule has 0 radical (unpaired) electrons. The molecule has 6 nitrogen and oxygen atoms in total. The quantitative estimate of drug-likeness (QED) is 0.749. The number of para-hydroxylation sites is 1. The van der Waals surface area contributed by atoms with E-state index in [1.165, 1.54) is 11.9 Å². The van der Waals surface area contributed by atoms with Crippen LogP contribution in [0.25, 0.3) is 5.69 Å². The summed E-state index contributed by atoms with van der Waals surface area (Å²) >= 11 is 0. The molecule has 0 aliphatic heterocycles. The maximum absolute atomic E-state index is 4.64. The smallest absolute Gasteiger partial charge is 0.138 e. The molecule has 0 saturated carbocycles. The Morgan fingerprint density at radius 3 is 2.67 bits per heavy atom. The molecule has 21 heavy (non-hydrogen) atoms. The first-order valence-corrected chi connectivity index (χ1v) is 6.91. The van der Waals surface area contributed by atoms with Crippen LogP contribution in [0.15, 0.2) is 36.7 Å². The van der Waals surface area contributed by atoms with E-state index in [9.17, 15) is 0 Å². The molecule has 3 rings (SSSR count). The van der Waals surface area contributed by atoms with Gasteiger partial charge >= 0.3 is 0 Å². The second-order valence-electron chi connectivity index (χ2n) is 4.93. The van der Waals surface area contributed by atoms with Crippen molar-refractivity contribution in [1.29, 1.82) is 0 Å². The summed E-state index contributed by atoms with van der Waals surface area (Å²) < 4.78 is 1.99. The van der Waals surface area contributed by atoms with Crippen molar-refractivity contribution in [2.24, 2.45) is 0 Å². The van der Waals surface area contributed by atoms with Gasteiger partial charge in [0.15, 0.2) is 0 Å². The molecule has 2 aromatic heterocycles. The van der Waals surface area contributed by atoms with Crippen LogP contribution in [0.1, 0.15) is 22.8 Å². The number of aromatic nitrogens is 5. The van der Waals surface area contributed by atoms with Crippen molar-refractivity contribution in [2.45, 2.75) is 26.9 Å². The monoisotopic (exact) mass is 282 g/mol. The fraction of sp³-hybridized carbons (Fsp3) is 0.267. The molecule has 0 aliphatic rings. The van der Waals surface area contributed by atoms with E-state index in [-0.39, 0.29) is 0 Å². The van der Waals surface area contributed by atoms with Gasteiger partial charge in [-0.15, -0.1) is 0 Å². The van der Waals surface area contributed by atoms with E-state index in [0.717, 1.165) is 29.4 Å². The molecular formula is C15H18N6. The van der Waals surface area contributed by atoms with E-state index < -0.39 is 0 Å². The van der Waals surface area contributed by atoms with Gasteiger partial charge in [-0.25, -0.2) is 9.67 Å². The average Bonchev–Trinajstić information content (AvgIpc) is 3.11. The Labute approximate surface area is 123 Å². The number of aromatic amines is 1. The van der Waals surface area contributed by atoms with Gasteiger partial charge in [0.1, 0.15) is 12.2 Å². The first-order valence-electron chi connectivity index (χ1n) is 6.91. The Morgan fingerprint density at radius 2 is 1.95 bits per heavy atom. The zero-order valence-electron chi connectivity index (χ0n) is 12.2. The number of H-pyrrole nitrogens is 1. The Morgan fingerprint density at radius 1 is 1.14 bits per heavy atom. The molecule has 0 spiro atoms. The van der Waals surface area contributed by atoms with Gasteiger partial charge in [-0.3, -0.25) is 5.10 Å². The van der Waals surface area contributed by atoms with E-state index >= 15 is 0 Å². The first-order chi connectivity index (χ1) is 10.3. The first kappa shape index (κ1) is 13.5. The van der Waals surface area contributed by atoms with Gasteiger partial charge < -0.3 is 5.32 Å². The van der Waals surface area contributed by atoms with Crippen LogP contribution in [0, 0.1) is 13.8 Å². The normalized spacial score (nSPS) is 11.0. The molecule has 3 aromatic rings. The van der Waals surface area contributed by atoms with Gasteiger partial charge in [0.05, 0.1) is 17.9 Å². The highest BCUT2D eigenvalue weighted by Gasteiger charge is 2.12. The van der Waals surface area contributed by atoms with Crippen LogP contribution < -0.4 is 5.32 Å². The zero-order chi connectivity index (χ0) is 14.7. The van der Waals surface area contributed by atoms with Crippen molar-refractivity contribution in [3.05, 3.63) is 59.4 Å². The van der Waals surface area contributed by atoms with Gasteiger partial charge in [-0.05, 0) is 26.0 Å². The maximum atomic E-state index is 4.64. The standard InChI is InChI=1S/C15H18N6/c1-11-14(8-16-9-15-17-10-18-19-15)12(2)21(20-11)13-6-4-3-5-7-13/h3-7,10,16H,8-9H2,1-2H3,(H,17,18,19). The fourth-order valence-corrected chi connectivity index (χ4v) is 2.37. The molecule has 2 heterocycles. The predicted octanol–water partition coefficient (Wildman–Crippen LogP) is 1.90. The van der Waals surface area contributed by atoms with Crippen LogP contribution in [-0.2, 0) is 13.1 Å². The summed E-state index contributed by atoms with van der Waals surface area (Å²) in [6.07, 6.45) is 1.51. The predicted molar refractivity (Wildman–Crippen MR) is 80.0 cm³/mol. The van der Waals surface area contributed by atoms with Crippen LogP contribution in [0.4, 0.5) is 0 Å². The summed E-state index contributed by atoms with van der Waals surface area (Å²) in [6, 6.07) is 10.2. The highest BCUT2D eigenvalue weighted by atomic mass is 15.3. The van der Waals surface area contributed by atoms with Crippen molar-refractivity contribution in [2.75, 3.05) is 0 Å². The molecule has 1 aromatic carbocycles. The molecule has 0 amide bonds. The lowest BCUT2D eigenvalue weighted by Gasteiger charge is -2.06. The van der Waals surface area contributed by atoms with Crippen LogP contribution in [0.3, 0.4) is 0 Å². The number of nitrogens with zero attached hydrogens (tertiary/aromatic N) is 4. The van der Waals surface area contributed by atoms with Gasteiger partial charge in [0.2, 0.25) is 0 Å². The number of nitrogens with one attached hydrogen (secondary N) is 2. The minimum Gasteiger partial charge on any atom is -0.306 e. The van der Waals surface area contributed by atoms with Crippen molar-refractivity contribution in [3.63, 3.8) is 0 Å². The Kier molecular flexibility index (Phi) is 3.79.